The van der Waals surface area contributed by atoms with Crippen LogP contribution in [0.15, 0.2) is 66.9 Å². The Labute approximate surface area is 181 Å². The first-order valence-corrected chi connectivity index (χ1v) is 9.25. The molecule has 1 aromatic heterocycles. The van der Waals surface area contributed by atoms with Crippen molar-refractivity contribution in [3.8, 4) is 11.5 Å². The van der Waals surface area contributed by atoms with Crippen LogP contribution in [0.5, 0.6) is 11.5 Å². The Morgan fingerprint density at radius 2 is 1.72 bits per heavy atom. The van der Waals surface area contributed by atoms with Gasteiger partial charge >= 0.3 is 6.18 Å². The van der Waals surface area contributed by atoms with Gasteiger partial charge in [-0.15, -0.1) is 0 Å². The molecule has 0 aliphatic heterocycles. The normalized spacial score (nSPS) is 11.0. The van der Waals surface area contributed by atoms with E-state index in [-0.39, 0.29) is 22.7 Å². The van der Waals surface area contributed by atoms with Crippen molar-refractivity contribution in [2.45, 2.75) is 6.18 Å². The van der Waals surface area contributed by atoms with E-state index in [2.05, 4.69) is 10.3 Å². The molecule has 0 saturated carbocycles. The van der Waals surface area contributed by atoms with E-state index in [1.807, 2.05) is 0 Å². The van der Waals surface area contributed by atoms with Gasteiger partial charge in [0.2, 0.25) is 0 Å². The number of alkyl halides is 3. The average molecular weight is 445 g/mol. The first kappa shape index (κ1) is 22.8. The van der Waals surface area contributed by atoms with Crippen molar-refractivity contribution in [1.82, 2.24) is 10.3 Å². The van der Waals surface area contributed by atoms with Crippen LogP contribution < -0.4 is 15.1 Å². The number of pyridine rings is 1. The standard InChI is InChI=1S/C22H18F3N3O4/c1-26-20(29)19-13-18(9-10-27-19)32-17-8-3-5-14(11-17)21(30)28(31-2)16-7-4-6-15(12-16)22(23,24)25/h3-13H,1-2H3,(H,26,29). The number of rotatable bonds is 6. The summed E-state index contributed by atoms with van der Waals surface area (Å²) in [5, 5.41) is 3.21. The topological polar surface area (TPSA) is 80.8 Å². The molecule has 0 atom stereocenters. The van der Waals surface area contributed by atoms with Crippen molar-refractivity contribution >= 4 is 17.5 Å². The molecule has 0 radical (unpaired) electrons. The summed E-state index contributed by atoms with van der Waals surface area (Å²) in [5.41, 5.74) is -0.732. The highest BCUT2D eigenvalue weighted by Crippen LogP contribution is 2.32. The number of hydrogen-bond acceptors (Lipinski definition) is 5. The highest BCUT2D eigenvalue weighted by Gasteiger charge is 2.31. The smallest absolute Gasteiger partial charge is 0.416 e. The number of anilines is 1. The molecule has 0 aliphatic carbocycles. The summed E-state index contributed by atoms with van der Waals surface area (Å²) in [7, 11) is 2.65. The first-order chi connectivity index (χ1) is 15.2. The fraction of sp³-hybridized carbons (Fsp3) is 0.136. The summed E-state index contributed by atoms with van der Waals surface area (Å²) in [5.74, 6) is -0.510. The molecule has 32 heavy (non-hydrogen) atoms. The Balaban J connectivity index is 1.85. The number of benzene rings is 2. The maximum atomic E-state index is 13.0. The minimum absolute atomic E-state index is 0.0806. The van der Waals surface area contributed by atoms with Gasteiger partial charge in [0, 0.05) is 24.9 Å². The van der Waals surface area contributed by atoms with Gasteiger partial charge in [-0.2, -0.15) is 18.2 Å². The number of carbonyl (C=O) groups excluding carboxylic acids is 2. The summed E-state index contributed by atoms with van der Waals surface area (Å²) in [6.45, 7) is 0. The Morgan fingerprint density at radius 1 is 1.00 bits per heavy atom. The molecule has 3 rings (SSSR count). The van der Waals surface area contributed by atoms with Crippen LogP contribution in [0.2, 0.25) is 0 Å². The molecule has 3 aromatic rings. The van der Waals surface area contributed by atoms with Crippen LogP contribution in [-0.2, 0) is 11.0 Å². The lowest BCUT2D eigenvalue weighted by molar-refractivity contribution is -0.137. The maximum absolute atomic E-state index is 13.0. The predicted octanol–water partition coefficient (Wildman–Crippen LogP) is 4.46. The number of nitrogens with one attached hydrogen (secondary N) is 1. The van der Waals surface area contributed by atoms with Crippen molar-refractivity contribution in [3.63, 3.8) is 0 Å². The van der Waals surface area contributed by atoms with Crippen molar-refractivity contribution in [2.24, 2.45) is 0 Å². The van der Waals surface area contributed by atoms with Crippen LogP contribution in [0, 0.1) is 0 Å². The number of hydrogen-bond donors (Lipinski definition) is 1. The minimum atomic E-state index is -4.57. The zero-order valence-corrected chi connectivity index (χ0v) is 17.0. The fourth-order valence-electron chi connectivity index (χ4n) is 2.79. The van der Waals surface area contributed by atoms with Gasteiger partial charge in [0.05, 0.1) is 18.4 Å². The van der Waals surface area contributed by atoms with Gasteiger partial charge in [0.1, 0.15) is 17.2 Å². The summed E-state index contributed by atoms with van der Waals surface area (Å²) in [6, 6.07) is 13.2. The number of aromatic nitrogens is 1. The third-order valence-electron chi connectivity index (χ3n) is 4.28. The SMILES string of the molecule is CNC(=O)c1cc(Oc2cccc(C(=O)N(OC)c3cccc(C(F)(F)F)c3)c2)ccn1. The van der Waals surface area contributed by atoms with E-state index in [9.17, 15) is 22.8 Å². The molecule has 0 saturated heterocycles. The monoisotopic (exact) mass is 445 g/mol. The highest BCUT2D eigenvalue weighted by molar-refractivity contribution is 6.05. The fourth-order valence-corrected chi connectivity index (χ4v) is 2.79. The van der Waals surface area contributed by atoms with E-state index in [0.717, 1.165) is 17.2 Å². The van der Waals surface area contributed by atoms with Crippen LogP contribution in [0.4, 0.5) is 18.9 Å². The van der Waals surface area contributed by atoms with Crippen molar-refractivity contribution in [3.05, 3.63) is 83.7 Å². The molecule has 166 valence electrons. The lowest BCUT2D eigenvalue weighted by atomic mass is 10.1. The number of halogens is 3. The van der Waals surface area contributed by atoms with Gasteiger partial charge in [-0.3, -0.25) is 19.4 Å². The van der Waals surface area contributed by atoms with Crippen LogP contribution in [0.1, 0.15) is 26.4 Å². The summed E-state index contributed by atoms with van der Waals surface area (Å²) < 4.78 is 44.8. The van der Waals surface area contributed by atoms with Crippen molar-refractivity contribution in [1.29, 1.82) is 0 Å². The number of ether oxygens (including phenoxy) is 1. The van der Waals surface area contributed by atoms with Crippen molar-refractivity contribution < 1.29 is 32.3 Å². The van der Waals surface area contributed by atoms with E-state index < -0.39 is 23.6 Å². The summed E-state index contributed by atoms with van der Waals surface area (Å²) in [6.07, 6.45) is -3.17. The molecule has 2 amide bonds. The third kappa shape index (κ3) is 5.22. The molecule has 1 heterocycles. The summed E-state index contributed by atoms with van der Waals surface area (Å²) in [4.78, 5) is 33.6. The second-order valence-corrected chi connectivity index (χ2v) is 6.42. The van der Waals surface area contributed by atoms with Gasteiger partial charge < -0.3 is 10.1 Å². The molecular formula is C22H18F3N3O4. The van der Waals surface area contributed by atoms with Crippen LogP contribution >= 0.6 is 0 Å². The molecule has 0 unspecified atom stereocenters. The predicted molar refractivity (Wildman–Crippen MR) is 109 cm³/mol. The second-order valence-electron chi connectivity index (χ2n) is 6.42. The highest BCUT2D eigenvalue weighted by atomic mass is 19.4. The molecule has 2 aromatic carbocycles. The Kier molecular flexibility index (Phi) is 6.74. The van der Waals surface area contributed by atoms with Gasteiger partial charge in [0.15, 0.2) is 0 Å². The van der Waals surface area contributed by atoms with Gasteiger partial charge in [-0.25, -0.2) is 0 Å². The molecule has 0 bridgehead atoms. The van der Waals surface area contributed by atoms with E-state index in [1.165, 1.54) is 56.8 Å². The minimum Gasteiger partial charge on any atom is -0.457 e. The average Bonchev–Trinajstić information content (AvgIpc) is 2.79. The Morgan fingerprint density at radius 3 is 2.41 bits per heavy atom. The molecule has 0 fully saturated rings. The number of nitrogens with zero attached hydrogens (tertiary/aromatic N) is 2. The Bertz CT molecular complexity index is 1140. The number of carbonyl (C=O) groups is 2. The largest absolute Gasteiger partial charge is 0.457 e. The third-order valence-corrected chi connectivity index (χ3v) is 4.28. The van der Waals surface area contributed by atoms with E-state index in [0.29, 0.717) is 5.75 Å². The summed E-state index contributed by atoms with van der Waals surface area (Å²) >= 11 is 0. The van der Waals surface area contributed by atoms with Crippen LogP contribution in [0.3, 0.4) is 0 Å². The maximum Gasteiger partial charge on any atom is 0.416 e. The quantitative estimate of drug-likeness (QED) is 0.567. The Hall–Kier alpha value is -3.92. The molecule has 0 spiro atoms. The lowest BCUT2D eigenvalue weighted by Crippen LogP contribution is -2.30. The van der Waals surface area contributed by atoms with Crippen LogP contribution in [-0.4, -0.2) is 31.0 Å². The molecule has 1 N–H and O–H groups in total. The zero-order chi connectivity index (χ0) is 23.3. The lowest BCUT2D eigenvalue weighted by Gasteiger charge is -2.21. The molecule has 10 heteroatoms. The van der Waals surface area contributed by atoms with Crippen molar-refractivity contribution in [2.75, 3.05) is 19.2 Å². The number of hydroxylamine groups is 1. The van der Waals surface area contributed by atoms with E-state index >= 15 is 0 Å². The molecular weight excluding hydrogens is 427 g/mol. The van der Waals surface area contributed by atoms with Gasteiger partial charge in [0.25, 0.3) is 11.8 Å². The van der Waals surface area contributed by atoms with Gasteiger partial charge in [-0.05, 0) is 42.5 Å². The molecule has 0 aliphatic rings. The second kappa shape index (κ2) is 9.48. The van der Waals surface area contributed by atoms with E-state index in [1.54, 1.807) is 12.1 Å². The van der Waals surface area contributed by atoms with E-state index in [4.69, 9.17) is 9.57 Å². The van der Waals surface area contributed by atoms with Gasteiger partial charge in [-0.1, -0.05) is 12.1 Å². The number of amides is 2. The zero-order valence-electron chi connectivity index (χ0n) is 17.0. The van der Waals surface area contributed by atoms with Crippen LogP contribution in [0.25, 0.3) is 0 Å². The first-order valence-electron chi connectivity index (χ1n) is 9.25. The molecule has 7 nitrogen and oxygen atoms in total.